The summed E-state index contributed by atoms with van der Waals surface area (Å²) in [6, 6.07) is 21.7. The number of carbonyl (C=O) groups excluding carboxylic acids is 1. The monoisotopic (exact) mass is 391 g/mol. The summed E-state index contributed by atoms with van der Waals surface area (Å²) in [7, 11) is 4.72. The van der Waals surface area contributed by atoms with E-state index in [0.29, 0.717) is 30.1 Å². The molecule has 150 valence electrons. The molecule has 29 heavy (non-hydrogen) atoms. The van der Waals surface area contributed by atoms with Gasteiger partial charge in [0.1, 0.15) is 0 Å². The first-order valence-corrected chi connectivity index (χ1v) is 9.39. The molecule has 0 aromatic heterocycles. The van der Waals surface area contributed by atoms with Gasteiger partial charge in [0.2, 0.25) is 11.7 Å². The van der Waals surface area contributed by atoms with Crippen LogP contribution in [0.25, 0.3) is 11.1 Å². The van der Waals surface area contributed by atoms with E-state index in [9.17, 15) is 4.79 Å². The van der Waals surface area contributed by atoms with Gasteiger partial charge in [0.15, 0.2) is 11.5 Å². The van der Waals surface area contributed by atoms with Crippen molar-refractivity contribution >= 4 is 11.6 Å². The Morgan fingerprint density at radius 1 is 0.793 bits per heavy atom. The van der Waals surface area contributed by atoms with Crippen molar-refractivity contribution in [2.45, 2.75) is 12.8 Å². The zero-order valence-corrected chi connectivity index (χ0v) is 16.9. The van der Waals surface area contributed by atoms with Crippen molar-refractivity contribution < 1.29 is 19.0 Å². The quantitative estimate of drug-likeness (QED) is 0.590. The number of anilines is 1. The van der Waals surface area contributed by atoms with Gasteiger partial charge in [-0.05, 0) is 47.4 Å². The molecular formula is C24H25NO4. The highest BCUT2D eigenvalue weighted by molar-refractivity contribution is 5.91. The molecule has 0 saturated heterocycles. The third-order valence-electron chi connectivity index (χ3n) is 4.64. The van der Waals surface area contributed by atoms with Crippen molar-refractivity contribution in [1.29, 1.82) is 0 Å². The first-order chi connectivity index (χ1) is 14.1. The van der Waals surface area contributed by atoms with E-state index in [2.05, 4.69) is 17.4 Å². The van der Waals surface area contributed by atoms with Gasteiger partial charge < -0.3 is 19.5 Å². The summed E-state index contributed by atoms with van der Waals surface area (Å²) >= 11 is 0. The Kier molecular flexibility index (Phi) is 6.74. The topological polar surface area (TPSA) is 56.8 Å². The largest absolute Gasteiger partial charge is 0.493 e. The Labute approximate surface area is 171 Å². The number of benzene rings is 3. The van der Waals surface area contributed by atoms with Crippen LogP contribution in [-0.4, -0.2) is 27.2 Å². The normalized spacial score (nSPS) is 10.3. The smallest absolute Gasteiger partial charge is 0.224 e. The molecule has 1 amide bonds. The minimum absolute atomic E-state index is 0.0498. The summed E-state index contributed by atoms with van der Waals surface area (Å²) in [4.78, 5) is 12.4. The van der Waals surface area contributed by atoms with Gasteiger partial charge in [-0.2, -0.15) is 0 Å². The van der Waals surface area contributed by atoms with Gasteiger partial charge >= 0.3 is 0 Å². The van der Waals surface area contributed by atoms with Crippen LogP contribution in [0.5, 0.6) is 17.2 Å². The maximum Gasteiger partial charge on any atom is 0.224 e. The molecule has 0 spiro atoms. The number of methoxy groups -OCH3 is 3. The van der Waals surface area contributed by atoms with Gasteiger partial charge in [-0.3, -0.25) is 4.79 Å². The second kappa shape index (κ2) is 9.64. The molecule has 0 aliphatic heterocycles. The maximum atomic E-state index is 12.4. The van der Waals surface area contributed by atoms with Gasteiger partial charge in [-0.25, -0.2) is 0 Å². The Hall–Kier alpha value is -3.47. The van der Waals surface area contributed by atoms with E-state index >= 15 is 0 Å². The van der Waals surface area contributed by atoms with E-state index in [1.807, 2.05) is 54.6 Å². The molecule has 0 aliphatic carbocycles. The van der Waals surface area contributed by atoms with Crippen molar-refractivity contribution in [2.75, 3.05) is 26.6 Å². The molecular weight excluding hydrogens is 366 g/mol. The molecule has 0 radical (unpaired) electrons. The molecule has 0 heterocycles. The zero-order chi connectivity index (χ0) is 20.6. The molecule has 3 aromatic carbocycles. The number of rotatable bonds is 8. The predicted octanol–water partition coefficient (Wildman–Crippen LogP) is 4.95. The van der Waals surface area contributed by atoms with Crippen molar-refractivity contribution in [3.8, 4) is 28.4 Å². The molecule has 5 heteroatoms. The van der Waals surface area contributed by atoms with Crippen LogP contribution in [0.2, 0.25) is 0 Å². The summed E-state index contributed by atoms with van der Waals surface area (Å²) in [6.45, 7) is 0. The molecule has 0 atom stereocenters. The van der Waals surface area contributed by atoms with Crippen molar-refractivity contribution in [1.82, 2.24) is 0 Å². The Balaban J connectivity index is 1.61. The average molecular weight is 391 g/mol. The first-order valence-electron chi connectivity index (χ1n) is 9.39. The predicted molar refractivity (Wildman–Crippen MR) is 115 cm³/mol. The number of amides is 1. The standard InChI is InChI=1S/C24H25NO4/c1-27-21-15-17(16-22(28-2)24(21)29-3)9-14-23(26)25-20-12-10-19(11-13-20)18-7-5-4-6-8-18/h4-8,10-13,15-16H,9,14H2,1-3H3,(H,25,26). The third-order valence-corrected chi connectivity index (χ3v) is 4.64. The molecule has 0 aliphatic rings. The fraction of sp³-hybridized carbons (Fsp3) is 0.208. The number of hydrogen-bond donors (Lipinski definition) is 1. The molecule has 0 saturated carbocycles. The molecule has 5 nitrogen and oxygen atoms in total. The summed E-state index contributed by atoms with van der Waals surface area (Å²) in [5.41, 5.74) is 3.97. The number of hydrogen-bond acceptors (Lipinski definition) is 4. The van der Waals surface area contributed by atoms with Crippen LogP contribution >= 0.6 is 0 Å². The Morgan fingerprint density at radius 3 is 1.93 bits per heavy atom. The fourth-order valence-corrected chi connectivity index (χ4v) is 3.14. The fourth-order valence-electron chi connectivity index (χ4n) is 3.14. The molecule has 1 N–H and O–H groups in total. The van der Waals surface area contributed by atoms with Gasteiger partial charge in [-0.15, -0.1) is 0 Å². The lowest BCUT2D eigenvalue weighted by Crippen LogP contribution is -2.12. The number of nitrogens with one attached hydrogen (secondary N) is 1. The van der Waals surface area contributed by atoms with Gasteiger partial charge in [0, 0.05) is 12.1 Å². The second-order valence-electron chi connectivity index (χ2n) is 6.53. The maximum absolute atomic E-state index is 12.4. The van der Waals surface area contributed by atoms with E-state index in [4.69, 9.17) is 14.2 Å². The Morgan fingerprint density at radius 2 is 1.38 bits per heavy atom. The summed E-state index contributed by atoms with van der Waals surface area (Å²) in [5, 5.41) is 2.94. The number of carbonyl (C=O) groups is 1. The van der Waals surface area contributed by atoms with Gasteiger partial charge in [0.05, 0.1) is 21.3 Å². The van der Waals surface area contributed by atoms with E-state index in [0.717, 1.165) is 22.4 Å². The van der Waals surface area contributed by atoms with Crippen LogP contribution in [0.1, 0.15) is 12.0 Å². The highest BCUT2D eigenvalue weighted by Gasteiger charge is 2.14. The van der Waals surface area contributed by atoms with Crippen LogP contribution in [0.4, 0.5) is 5.69 Å². The van der Waals surface area contributed by atoms with Crippen LogP contribution < -0.4 is 19.5 Å². The lowest BCUT2D eigenvalue weighted by Gasteiger charge is -2.14. The van der Waals surface area contributed by atoms with Gasteiger partial charge in [-0.1, -0.05) is 42.5 Å². The summed E-state index contributed by atoms with van der Waals surface area (Å²) in [6.07, 6.45) is 0.906. The summed E-state index contributed by atoms with van der Waals surface area (Å²) < 4.78 is 16.1. The van der Waals surface area contributed by atoms with E-state index in [1.165, 1.54) is 0 Å². The molecule has 3 aromatic rings. The molecule has 0 bridgehead atoms. The van der Waals surface area contributed by atoms with E-state index in [1.54, 1.807) is 21.3 Å². The first kappa shape index (κ1) is 20.3. The average Bonchev–Trinajstić information content (AvgIpc) is 2.78. The SMILES string of the molecule is COc1cc(CCC(=O)Nc2ccc(-c3ccccc3)cc2)cc(OC)c1OC. The minimum Gasteiger partial charge on any atom is -0.493 e. The van der Waals surface area contributed by atoms with Crippen molar-refractivity contribution in [3.05, 3.63) is 72.3 Å². The van der Waals surface area contributed by atoms with Crippen LogP contribution in [0.3, 0.4) is 0 Å². The molecule has 0 fully saturated rings. The van der Waals surface area contributed by atoms with E-state index in [-0.39, 0.29) is 5.91 Å². The lowest BCUT2D eigenvalue weighted by molar-refractivity contribution is -0.116. The minimum atomic E-state index is -0.0498. The van der Waals surface area contributed by atoms with Crippen molar-refractivity contribution in [3.63, 3.8) is 0 Å². The highest BCUT2D eigenvalue weighted by Crippen LogP contribution is 2.38. The third kappa shape index (κ3) is 5.08. The van der Waals surface area contributed by atoms with E-state index < -0.39 is 0 Å². The molecule has 3 rings (SSSR count). The molecule has 0 unspecified atom stereocenters. The lowest BCUT2D eigenvalue weighted by atomic mass is 10.1. The summed E-state index contributed by atoms with van der Waals surface area (Å²) in [5.74, 6) is 1.66. The second-order valence-corrected chi connectivity index (χ2v) is 6.53. The van der Waals surface area contributed by atoms with Gasteiger partial charge in [0.25, 0.3) is 0 Å². The van der Waals surface area contributed by atoms with Crippen molar-refractivity contribution in [2.24, 2.45) is 0 Å². The Bertz CT molecular complexity index is 927. The number of aryl methyl sites for hydroxylation is 1. The number of ether oxygens (including phenoxy) is 3. The zero-order valence-electron chi connectivity index (χ0n) is 16.9. The van der Waals surface area contributed by atoms with Crippen LogP contribution in [-0.2, 0) is 11.2 Å². The van der Waals surface area contributed by atoms with Crippen LogP contribution in [0.15, 0.2) is 66.7 Å². The van der Waals surface area contributed by atoms with Crippen LogP contribution in [0, 0.1) is 0 Å². The highest BCUT2D eigenvalue weighted by atomic mass is 16.5.